The highest BCUT2D eigenvalue weighted by Crippen LogP contribution is 2.31. The summed E-state index contributed by atoms with van der Waals surface area (Å²) in [5.41, 5.74) is 9.23. The molecule has 0 saturated carbocycles. The average Bonchev–Trinajstić information content (AvgIpc) is 3.57. The minimum absolute atomic E-state index is 0.0435. The van der Waals surface area contributed by atoms with Crippen molar-refractivity contribution in [3.05, 3.63) is 123 Å². The third-order valence-electron chi connectivity index (χ3n) is 9.31. The SMILES string of the molecule is CONC(=O)c1cn(-c2ccc3c(c2)CCC3)c2nc(Nc3cccc(C4CCN(CCc5ccccc5)CC4)c3)ncc2c1=O. The van der Waals surface area contributed by atoms with Crippen LogP contribution < -0.4 is 16.2 Å². The van der Waals surface area contributed by atoms with Crippen molar-refractivity contribution in [3.8, 4) is 5.69 Å². The van der Waals surface area contributed by atoms with Crippen LogP contribution in [0.15, 0.2) is 90.0 Å². The number of hydroxylamine groups is 1. The molecule has 1 amide bonds. The first-order valence-corrected chi connectivity index (χ1v) is 16.1. The maximum Gasteiger partial charge on any atom is 0.280 e. The molecule has 9 nitrogen and oxygen atoms in total. The lowest BCUT2D eigenvalue weighted by Gasteiger charge is -2.32. The molecule has 46 heavy (non-hydrogen) atoms. The summed E-state index contributed by atoms with van der Waals surface area (Å²) >= 11 is 0. The van der Waals surface area contributed by atoms with Gasteiger partial charge in [0, 0.05) is 30.3 Å². The van der Waals surface area contributed by atoms with Crippen LogP contribution in [0, 0.1) is 0 Å². The highest BCUT2D eigenvalue weighted by atomic mass is 16.6. The Kier molecular flexibility index (Phi) is 8.59. The summed E-state index contributed by atoms with van der Waals surface area (Å²) in [6.45, 7) is 3.27. The first-order valence-electron chi connectivity index (χ1n) is 16.1. The van der Waals surface area contributed by atoms with Crippen molar-refractivity contribution >= 4 is 28.6 Å². The first kappa shape index (κ1) is 29.8. The number of aromatic nitrogens is 3. The minimum Gasteiger partial charge on any atom is -0.324 e. The Morgan fingerprint density at radius 2 is 1.80 bits per heavy atom. The number of nitrogens with one attached hydrogen (secondary N) is 2. The van der Waals surface area contributed by atoms with Crippen LogP contribution in [0.2, 0.25) is 0 Å². The molecule has 0 atom stereocenters. The molecule has 1 fully saturated rings. The topological polar surface area (TPSA) is 101 Å². The third-order valence-corrected chi connectivity index (χ3v) is 9.31. The van der Waals surface area contributed by atoms with Gasteiger partial charge in [0.2, 0.25) is 11.4 Å². The molecule has 9 heteroatoms. The van der Waals surface area contributed by atoms with Crippen molar-refractivity contribution in [1.82, 2.24) is 24.9 Å². The molecule has 1 saturated heterocycles. The molecule has 3 aromatic carbocycles. The van der Waals surface area contributed by atoms with Crippen molar-refractivity contribution in [2.45, 2.75) is 44.4 Å². The highest BCUT2D eigenvalue weighted by Gasteiger charge is 2.22. The quantitative estimate of drug-likeness (QED) is 0.205. The van der Waals surface area contributed by atoms with Crippen LogP contribution in [-0.2, 0) is 24.1 Å². The first-order chi connectivity index (χ1) is 22.6. The summed E-state index contributed by atoms with van der Waals surface area (Å²) in [7, 11) is 1.34. The molecule has 1 aliphatic carbocycles. The molecular formula is C37H38N6O3. The van der Waals surface area contributed by atoms with E-state index in [1.165, 1.54) is 35.6 Å². The Hall–Kier alpha value is -4.86. The monoisotopic (exact) mass is 614 g/mol. The number of pyridine rings is 1. The number of amides is 1. The maximum absolute atomic E-state index is 13.4. The zero-order valence-electron chi connectivity index (χ0n) is 26.0. The molecule has 0 radical (unpaired) electrons. The number of fused-ring (bicyclic) bond motifs is 2. The number of nitrogens with zero attached hydrogens (tertiary/aromatic N) is 4. The molecule has 1 aliphatic heterocycles. The number of aryl methyl sites for hydroxylation is 2. The van der Waals surface area contributed by atoms with Gasteiger partial charge < -0.3 is 14.8 Å². The van der Waals surface area contributed by atoms with Gasteiger partial charge in [-0.15, -0.1) is 0 Å². The summed E-state index contributed by atoms with van der Waals surface area (Å²) in [5, 5.41) is 3.63. The van der Waals surface area contributed by atoms with Crippen molar-refractivity contribution in [3.63, 3.8) is 0 Å². The number of hydrogen-bond donors (Lipinski definition) is 2. The minimum atomic E-state index is -0.620. The van der Waals surface area contributed by atoms with Gasteiger partial charge in [0.25, 0.3) is 5.91 Å². The van der Waals surface area contributed by atoms with Crippen LogP contribution in [0.5, 0.6) is 0 Å². The van der Waals surface area contributed by atoms with Gasteiger partial charge in [-0.1, -0.05) is 48.5 Å². The van der Waals surface area contributed by atoms with E-state index in [4.69, 9.17) is 9.82 Å². The van der Waals surface area contributed by atoms with E-state index in [2.05, 4.69) is 81.3 Å². The Balaban J connectivity index is 1.12. The second-order valence-corrected chi connectivity index (χ2v) is 12.2. The second-order valence-electron chi connectivity index (χ2n) is 12.2. The van der Waals surface area contributed by atoms with Crippen LogP contribution >= 0.6 is 0 Å². The van der Waals surface area contributed by atoms with Gasteiger partial charge in [-0.05, 0) is 104 Å². The molecule has 0 bridgehead atoms. The number of rotatable bonds is 9. The molecule has 7 rings (SSSR count). The number of piperidine rings is 1. The van der Waals surface area contributed by atoms with Gasteiger partial charge in [0.05, 0.1) is 12.5 Å². The van der Waals surface area contributed by atoms with Crippen molar-refractivity contribution in [1.29, 1.82) is 0 Å². The third kappa shape index (κ3) is 6.29. The van der Waals surface area contributed by atoms with E-state index >= 15 is 0 Å². The summed E-state index contributed by atoms with van der Waals surface area (Å²) in [6, 6.07) is 25.4. The molecule has 2 aliphatic rings. The number of carbonyl (C=O) groups excluding carboxylic acids is 1. The number of likely N-dealkylation sites (tertiary alicyclic amines) is 1. The fourth-order valence-corrected chi connectivity index (χ4v) is 6.81. The molecule has 3 heterocycles. The van der Waals surface area contributed by atoms with Crippen LogP contribution in [-0.4, -0.2) is 52.1 Å². The van der Waals surface area contributed by atoms with Crippen LogP contribution in [0.4, 0.5) is 11.6 Å². The fourth-order valence-electron chi connectivity index (χ4n) is 6.81. The van der Waals surface area contributed by atoms with Crippen LogP contribution in [0.3, 0.4) is 0 Å². The van der Waals surface area contributed by atoms with E-state index < -0.39 is 11.3 Å². The van der Waals surface area contributed by atoms with E-state index in [1.54, 1.807) is 10.8 Å². The average molecular weight is 615 g/mol. The zero-order valence-corrected chi connectivity index (χ0v) is 26.0. The van der Waals surface area contributed by atoms with Crippen LogP contribution in [0.1, 0.15) is 57.8 Å². The Labute approximate surface area is 268 Å². The van der Waals surface area contributed by atoms with Gasteiger partial charge in [-0.25, -0.2) is 10.5 Å². The van der Waals surface area contributed by atoms with Crippen molar-refractivity contribution in [2.24, 2.45) is 0 Å². The summed E-state index contributed by atoms with van der Waals surface area (Å²) in [6.07, 6.45) is 9.54. The Morgan fingerprint density at radius 3 is 2.63 bits per heavy atom. The smallest absolute Gasteiger partial charge is 0.280 e. The number of benzene rings is 3. The van der Waals surface area contributed by atoms with Gasteiger partial charge in [0.1, 0.15) is 5.56 Å². The normalized spacial score (nSPS) is 15.2. The number of anilines is 2. The standard InChI is InChI=1S/C37H38N6O3/c1-46-41-36(45)33-24-43(31-14-13-26-9-5-10-29(26)22-31)35-32(34(33)44)23-38-37(40-35)39-30-12-6-11-28(21-30)27-16-19-42(20-17-27)18-15-25-7-3-2-4-8-25/h2-4,6-8,11-14,21-24,27H,5,9-10,15-20H2,1H3,(H,41,45)(H,38,39,40). The van der Waals surface area contributed by atoms with E-state index in [0.717, 1.165) is 69.5 Å². The second kappa shape index (κ2) is 13.2. The highest BCUT2D eigenvalue weighted by molar-refractivity contribution is 5.96. The van der Waals surface area contributed by atoms with Crippen molar-refractivity contribution < 1.29 is 9.63 Å². The number of carbonyl (C=O) groups is 1. The summed E-state index contributed by atoms with van der Waals surface area (Å²) in [5.74, 6) is 0.253. The molecule has 0 unspecified atom stereocenters. The van der Waals surface area contributed by atoms with Gasteiger partial charge in [0.15, 0.2) is 5.65 Å². The van der Waals surface area contributed by atoms with Gasteiger partial charge in [-0.2, -0.15) is 4.98 Å². The summed E-state index contributed by atoms with van der Waals surface area (Å²) < 4.78 is 1.80. The molecule has 0 spiro atoms. The zero-order chi connectivity index (χ0) is 31.5. The lowest BCUT2D eigenvalue weighted by atomic mass is 9.89. The predicted molar refractivity (Wildman–Crippen MR) is 180 cm³/mol. The molecule has 234 valence electrons. The lowest BCUT2D eigenvalue weighted by molar-refractivity contribution is 0.0536. The Morgan fingerprint density at radius 1 is 0.978 bits per heavy atom. The van der Waals surface area contributed by atoms with Gasteiger partial charge >= 0.3 is 0 Å². The number of hydrogen-bond acceptors (Lipinski definition) is 7. The summed E-state index contributed by atoms with van der Waals surface area (Å²) in [4.78, 5) is 42.9. The predicted octanol–water partition coefficient (Wildman–Crippen LogP) is 5.73. The van der Waals surface area contributed by atoms with Crippen molar-refractivity contribution in [2.75, 3.05) is 32.1 Å². The van der Waals surface area contributed by atoms with E-state index in [-0.39, 0.29) is 10.9 Å². The van der Waals surface area contributed by atoms with E-state index in [9.17, 15) is 9.59 Å². The van der Waals surface area contributed by atoms with E-state index in [1.807, 2.05) is 12.1 Å². The molecular weight excluding hydrogens is 576 g/mol. The van der Waals surface area contributed by atoms with Crippen LogP contribution in [0.25, 0.3) is 16.7 Å². The van der Waals surface area contributed by atoms with Gasteiger partial charge in [-0.3, -0.25) is 14.4 Å². The molecule has 2 N–H and O–H groups in total. The lowest BCUT2D eigenvalue weighted by Crippen LogP contribution is -2.34. The van der Waals surface area contributed by atoms with E-state index in [0.29, 0.717) is 17.5 Å². The molecule has 5 aromatic rings. The Bertz CT molecular complexity index is 1930. The molecule has 2 aromatic heterocycles. The maximum atomic E-state index is 13.4. The fraction of sp³-hybridized carbons (Fsp3) is 0.297. The largest absolute Gasteiger partial charge is 0.324 e.